The van der Waals surface area contributed by atoms with Crippen LogP contribution < -0.4 is 16.0 Å². The number of nitrogens with zero attached hydrogens (tertiary/aromatic N) is 5. The van der Waals surface area contributed by atoms with Crippen molar-refractivity contribution in [2.24, 2.45) is 5.92 Å². The second-order valence-electron chi connectivity index (χ2n) is 9.84. The van der Waals surface area contributed by atoms with Crippen molar-refractivity contribution >= 4 is 11.2 Å². The van der Waals surface area contributed by atoms with Crippen molar-refractivity contribution < 1.29 is 18.6 Å². The van der Waals surface area contributed by atoms with Crippen molar-refractivity contribution in [3.8, 4) is 17.3 Å². The number of benzene rings is 1. The first-order valence-electron chi connectivity index (χ1n) is 12.7. The molecule has 0 saturated heterocycles. The maximum atomic E-state index is 14.2. The summed E-state index contributed by atoms with van der Waals surface area (Å²) in [5.74, 6) is -0.412. The summed E-state index contributed by atoms with van der Waals surface area (Å²) >= 11 is 0. The van der Waals surface area contributed by atoms with Crippen LogP contribution in [0.3, 0.4) is 0 Å². The smallest absolute Gasteiger partial charge is 0.332 e. The summed E-state index contributed by atoms with van der Waals surface area (Å²) < 4.78 is 37.9. The molecule has 0 atom stereocenters. The minimum Gasteiger partial charge on any atom is -0.477 e. The average molecular weight is 526 g/mol. The Bertz CT molecular complexity index is 1590. The van der Waals surface area contributed by atoms with Crippen molar-refractivity contribution in [1.82, 2.24) is 23.7 Å². The fourth-order valence-electron chi connectivity index (χ4n) is 4.46. The summed E-state index contributed by atoms with van der Waals surface area (Å²) in [6, 6.07) is 8.18. The van der Waals surface area contributed by atoms with Crippen LogP contribution in [0.4, 0.5) is 8.78 Å². The van der Waals surface area contributed by atoms with E-state index in [9.17, 15) is 23.5 Å². The van der Waals surface area contributed by atoms with Gasteiger partial charge in [-0.25, -0.2) is 14.2 Å². The largest absolute Gasteiger partial charge is 0.477 e. The Kier molecular flexibility index (Phi) is 7.11. The summed E-state index contributed by atoms with van der Waals surface area (Å²) in [5, 5.41) is 9.35. The molecule has 0 unspecified atom stereocenters. The van der Waals surface area contributed by atoms with Crippen LogP contribution in [0.5, 0.6) is 5.88 Å². The molecule has 1 aromatic carbocycles. The van der Waals surface area contributed by atoms with Crippen LogP contribution in [0.25, 0.3) is 22.6 Å². The molecule has 0 amide bonds. The number of hydrogen-bond donors (Lipinski definition) is 1. The Labute approximate surface area is 217 Å². The standard InChI is InChI=1S/C27H29F2N5O4/c1-16(2)34-24-22(26(36)32(27(34)37)12-3-13-35)33(14-17-6-8-19(28)9-7-17)23(31-24)20-10-11-21(29)30-25(20)38-15-18-4-5-18/h6-11,16,18,35H,3-5,12-15H2,1-2H3. The highest BCUT2D eigenvalue weighted by Crippen LogP contribution is 2.34. The average Bonchev–Trinajstić information content (AvgIpc) is 3.64. The number of halogens is 2. The molecule has 0 bridgehead atoms. The summed E-state index contributed by atoms with van der Waals surface area (Å²) in [6.45, 7) is 3.97. The number of ether oxygens (including phenoxy) is 1. The van der Waals surface area contributed by atoms with Crippen molar-refractivity contribution in [3.05, 3.63) is 74.6 Å². The Morgan fingerprint density at radius 1 is 1.05 bits per heavy atom. The summed E-state index contributed by atoms with van der Waals surface area (Å²) in [4.78, 5) is 35.8. The van der Waals surface area contributed by atoms with Gasteiger partial charge in [-0.1, -0.05) is 12.1 Å². The highest BCUT2D eigenvalue weighted by atomic mass is 19.1. The molecule has 4 aromatic rings. The molecule has 1 aliphatic rings. The van der Waals surface area contributed by atoms with Gasteiger partial charge in [0.25, 0.3) is 5.56 Å². The van der Waals surface area contributed by atoms with E-state index in [-0.39, 0.29) is 55.0 Å². The first kappa shape index (κ1) is 25.8. The SMILES string of the molecule is CC(C)n1c(=O)n(CCCO)c(=O)c2c1nc(-c1ccc(F)nc1OCC1CC1)n2Cc1ccc(F)cc1. The molecule has 3 heterocycles. The third-order valence-electron chi connectivity index (χ3n) is 6.59. The van der Waals surface area contributed by atoms with Gasteiger partial charge in [-0.2, -0.15) is 9.37 Å². The van der Waals surface area contributed by atoms with Crippen LogP contribution >= 0.6 is 0 Å². The topological polar surface area (TPSA) is 104 Å². The summed E-state index contributed by atoms with van der Waals surface area (Å²) in [6.07, 6.45) is 2.28. The zero-order valence-corrected chi connectivity index (χ0v) is 21.2. The van der Waals surface area contributed by atoms with Crippen LogP contribution in [-0.2, 0) is 13.1 Å². The number of rotatable bonds is 10. The van der Waals surface area contributed by atoms with Gasteiger partial charge < -0.3 is 14.4 Å². The monoisotopic (exact) mass is 525 g/mol. The molecule has 5 rings (SSSR count). The van der Waals surface area contributed by atoms with Gasteiger partial charge >= 0.3 is 5.69 Å². The van der Waals surface area contributed by atoms with Crippen LogP contribution in [-0.4, -0.2) is 42.0 Å². The summed E-state index contributed by atoms with van der Waals surface area (Å²) in [7, 11) is 0. The lowest BCUT2D eigenvalue weighted by atomic mass is 10.2. The van der Waals surface area contributed by atoms with E-state index in [0.717, 1.165) is 17.4 Å². The number of pyridine rings is 1. The molecule has 9 nitrogen and oxygen atoms in total. The van der Waals surface area contributed by atoms with Crippen LogP contribution in [0.2, 0.25) is 0 Å². The maximum absolute atomic E-state index is 14.2. The molecule has 1 aliphatic carbocycles. The molecule has 0 radical (unpaired) electrons. The van der Waals surface area contributed by atoms with Gasteiger partial charge in [-0.05, 0) is 68.9 Å². The van der Waals surface area contributed by atoms with Gasteiger partial charge in [0, 0.05) is 25.7 Å². The van der Waals surface area contributed by atoms with Gasteiger partial charge in [0.2, 0.25) is 11.8 Å². The Morgan fingerprint density at radius 2 is 1.79 bits per heavy atom. The van der Waals surface area contributed by atoms with Crippen LogP contribution in [0, 0.1) is 17.7 Å². The molecule has 3 aromatic heterocycles. The predicted molar refractivity (Wildman–Crippen MR) is 137 cm³/mol. The normalized spacial score (nSPS) is 13.5. The Morgan fingerprint density at radius 3 is 2.45 bits per heavy atom. The molecule has 1 fully saturated rings. The van der Waals surface area contributed by atoms with E-state index in [0.29, 0.717) is 23.7 Å². The molecular formula is C27H29F2N5O4. The second kappa shape index (κ2) is 10.5. The summed E-state index contributed by atoms with van der Waals surface area (Å²) in [5.41, 5.74) is 0.288. The fraction of sp³-hybridized carbons (Fsp3) is 0.407. The van der Waals surface area contributed by atoms with Crippen molar-refractivity contribution in [3.63, 3.8) is 0 Å². The van der Waals surface area contributed by atoms with Gasteiger partial charge in [0.15, 0.2) is 11.2 Å². The van der Waals surface area contributed by atoms with Gasteiger partial charge in [-0.3, -0.25) is 13.9 Å². The zero-order valence-electron chi connectivity index (χ0n) is 21.2. The van der Waals surface area contributed by atoms with E-state index >= 15 is 0 Å². The third kappa shape index (κ3) is 4.98. The molecule has 1 saturated carbocycles. The Hall–Kier alpha value is -3.86. The highest BCUT2D eigenvalue weighted by Gasteiger charge is 2.27. The van der Waals surface area contributed by atoms with E-state index in [1.54, 1.807) is 16.7 Å². The zero-order chi connectivity index (χ0) is 27.0. The van der Waals surface area contributed by atoms with Crippen LogP contribution in [0.15, 0.2) is 46.0 Å². The molecule has 200 valence electrons. The minimum absolute atomic E-state index is 0.0295. The lowest BCUT2D eigenvalue weighted by molar-refractivity contribution is 0.277. The van der Waals surface area contributed by atoms with Gasteiger partial charge in [0.05, 0.1) is 12.2 Å². The number of aliphatic hydroxyl groups is 1. The van der Waals surface area contributed by atoms with Crippen molar-refractivity contribution in [2.45, 2.75) is 52.2 Å². The van der Waals surface area contributed by atoms with Crippen LogP contribution in [0.1, 0.15) is 44.7 Å². The lowest BCUT2D eigenvalue weighted by Crippen LogP contribution is -2.41. The van der Waals surface area contributed by atoms with Gasteiger partial charge in [-0.15, -0.1) is 0 Å². The van der Waals surface area contributed by atoms with E-state index in [2.05, 4.69) is 4.98 Å². The van der Waals surface area contributed by atoms with E-state index in [1.165, 1.54) is 28.8 Å². The highest BCUT2D eigenvalue weighted by molar-refractivity contribution is 5.78. The van der Waals surface area contributed by atoms with E-state index < -0.39 is 23.0 Å². The molecule has 38 heavy (non-hydrogen) atoms. The van der Waals surface area contributed by atoms with Crippen molar-refractivity contribution in [1.29, 1.82) is 0 Å². The molecule has 0 spiro atoms. The van der Waals surface area contributed by atoms with E-state index in [1.807, 2.05) is 13.8 Å². The lowest BCUT2D eigenvalue weighted by Gasteiger charge is -2.15. The minimum atomic E-state index is -0.716. The third-order valence-corrected chi connectivity index (χ3v) is 6.59. The maximum Gasteiger partial charge on any atom is 0.332 e. The Balaban J connectivity index is 1.80. The number of fused-ring (bicyclic) bond motifs is 1. The first-order chi connectivity index (χ1) is 18.3. The molecule has 1 N–H and O–H groups in total. The predicted octanol–water partition coefficient (Wildman–Crippen LogP) is 3.50. The molecular weight excluding hydrogens is 496 g/mol. The molecule has 0 aliphatic heterocycles. The first-order valence-corrected chi connectivity index (χ1v) is 12.7. The van der Waals surface area contributed by atoms with Gasteiger partial charge in [0.1, 0.15) is 11.6 Å². The van der Waals surface area contributed by atoms with Crippen molar-refractivity contribution in [2.75, 3.05) is 13.2 Å². The number of imidazole rings is 1. The number of aromatic nitrogens is 5. The quantitative estimate of drug-likeness (QED) is 0.318. The number of aliphatic hydroxyl groups excluding tert-OH is 1. The molecule has 11 heteroatoms. The van der Waals surface area contributed by atoms with E-state index in [4.69, 9.17) is 9.72 Å². The fourth-order valence-corrected chi connectivity index (χ4v) is 4.46. The second-order valence-corrected chi connectivity index (χ2v) is 9.84. The number of hydrogen-bond acceptors (Lipinski definition) is 6.